The van der Waals surface area contributed by atoms with E-state index >= 15 is 0 Å². The predicted molar refractivity (Wildman–Crippen MR) is 79.0 cm³/mol. The highest BCUT2D eigenvalue weighted by molar-refractivity contribution is 7.92. The number of carbonyl (C=O) groups excluding carboxylic acids is 1. The standard InChI is InChI=1S/C11H16FN3O3S.ClH/c1-11(2,13)10(16)14-7-4-5-8(12)9(6-7)15-19(3,17)18;/h4-6,15H,13H2,1-3H3,(H,14,16);1H. The van der Waals surface area contributed by atoms with Crippen LogP contribution in [-0.4, -0.2) is 26.1 Å². The van der Waals surface area contributed by atoms with Crippen molar-refractivity contribution < 1.29 is 17.6 Å². The lowest BCUT2D eigenvalue weighted by Crippen LogP contribution is -2.45. The van der Waals surface area contributed by atoms with Crippen LogP contribution in [-0.2, 0) is 14.8 Å². The summed E-state index contributed by atoms with van der Waals surface area (Å²) in [6.07, 6.45) is 0.903. The summed E-state index contributed by atoms with van der Waals surface area (Å²) in [5, 5.41) is 2.47. The molecule has 1 aromatic rings. The molecule has 114 valence electrons. The second-order valence-electron chi connectivity index (χ2n) is 4.74. The largest absolute Gasteiger partial charge is 0.324 e. The number of halogens is 2. The second-order valence-corrected chi connectivity index (χ2v) is 6.49. The molecule has 0 heterocycles. The fourth-order valence-electron chi connectivity index (χ4n) is 1.17. The van der Waals surface area contributed by atoms with Gasteiger partial charge in [-0.2, -0.15) is 0 Å². The van der Waals surface area contributed by atoms with Crippen molar-refractivity contribution in [2.45, 2.75) is 19.4 Å². The molecule has 0 fully saturated rings. The number of nitrogens with one attached hydrogen (secondary N) is 2. The molecule has 0 aliphatic heterocycles. The molecule has 1 rings (SSSR count). The van der Waals surface area contributed by atoms with Gasteiger partial charge in [-0.15, -0.1) is 12.4 Å². The van der Waals surface area contributed by atoms with E-state index in [-0.39, 0.29) is 23.8 Å². The molecule has 0 atom stereocenters. The van der Waals surface area contributed by atoms with Gasteiger partial charge >= 0.3 is 0 Å². The van der Waals surface area contributed by atoms with E-state index in [0.29, 0.717) is 0 Å². The van der Waals surface area contributed by atoms with E-state index in [0.717, 1.165) is 12.3 Å². The highest BCUT2D eigenvalue weighted by Crippen LogP contribution is 2.21. The van der Waals surface area contributed by atoms with Crippen LogP contribution in [0, 0.1) is 5.82 Å². The Bertz CT molecular complexity index is 599. The molecule has 0 aliphatic carbocycles. The van der Waals surface area contributed by atoms with Crippen molar-refractivity contribution in [2.75, 3.05) is 16.3 Å². The SMILES string of the molecule is CC(C)(N)C(=O)Nc1ccc(F)c(NS(C)(=O)=O)c1.Cl. The fourth-order valence-corrected chi connectivity index (χ4v) is 1.73. The molecule has 4 N–H and O–H groups in total. The van der Waals surface area contributed by atoms with Gasteiger partial charge in [0.15, 0.2) is 0 Å². The molecule has 0 radical (unpaired) electrons. The van der Waals surface area contributed by atoms with Gasteiger partial charge in [-0.25, -0.2) is 12.8 Å². The first kappa shape index (κ1) is 18.6. The quantitative estimate of drug-likeness (QED) is 0.776. The maximum Gasteiger partial charge on any atom is 0.243 e. The van der Waals surface area contributed by atoms with Gasteiger partial charge in [-0.1, -0.05) is 0 Å². The number of carbonyl (C=O) groups is 1. The van der Waals surface area contributed by atoms with E-state index in [4.69, 9.17) is 5.73 Å². The molecule has 0 bridgehead atoms. The van der Waals surface area contributed by atoms with Crippen LogP contribution in [0.2, 0.25) is 0 Å². The summed E-state index contributed by atoms with van der Waals surface area (Å²) in [6.45, 7) is 3.03. The monoisotopic (exact) mass is 325 g/mol. The zero-order valence-corrected chi connectivity index (χ0v) is 12.9. The molecule has 1 amide bonds. The highest BCUT2D eigenvalue weighted by atomic mass is 35.5. The normalized spacial score (nSPS) is 11.4. The van der Waals surface area contributed by atoms with Crippen LogP contribution in [0.5, 0.6) is 0 Å². The fraction of sp³-hybridized carbons (Fsp3) is 0.364. The first-order valence-corrected chi connectivity index (χ1v) is 7.26. The molecular weight excluding hydrogens is 309 g/mol. The molecule has 0 saturated heterocycles. The lowest BCUT2D eigenvalue weighted by molar-refractivity contribution is -0.120. The van der Waals surface area contributed by atoms with Crippen molar-refractivity contribution in [3.05, 3.63) is 24.0 Å². The number of hydrogen-bond donors (Lipinski definition) is 3. The number of benzene rings is 1. The number of rotatable bonds is 4. The molecule has 1 aromatic carbocycles. The highest BCUT2D eigenvalue weighted by Gasteiger charge is 2.22. The summed E-state index contributed by atoms with van der Waals surface area (Å²) in [5.41, 5.74) is 4.51. The molecule has 0 aliphatic rings. The van der Waals surface area contributed by atoms with Crippen molar-refractivity contribution in [3.63, 3.8) is 0 Å². The van der Waals surface area contributed by atoms with Gasteiger partial charge in [0.1, 0.15) is 5.82 Å². The first-order chi connectivity index (χ1) is 8.49. The third-order valence-electron chi connectivity index (χ3n) is 2.10. The van der Waals surface area contributed by atoms with Gasteiger partial charge < -0.3 is 11.1 Å². The van der Waals surface area contributed by atoms with E-state index in [1.54, 1.807) is 0 Å². The second kappa shape index (κ2) is 6.38. The Morgan fingerprint density at radius 3 is 2.35 bits per heavy atom. The topological polar surface area (TPSA) is 101 Å². The van der Waals surface area contributed by atoms with Gasteiger partial charge in [-0.3, -0.25) is 9.52 Å². The Morgan fingerprint density at radius 2 is 1.90 bits per heavy atom. The molecule has 0 saturated carbocycles. The van der Waals surface area contributed by atoms with Crippen molar-refractivity contribution in [1.29, 1.82) is 0 Å². The molecule has 6 nitrogen and oxygen atoms in total. The van der Waals surface area contributed by atoms with Crippen molar-refractivity contribution in [2.24, 2.45) is 5.73 Å². The average Bonchev–Trinajstić information content (AvgIpc) is 2.19. The van der Waals surface area contributed by atoms with Crippen LogP contribution in [0.1, 0.15) is 13.8 Å². The number of anilines is 2. The molecule has 20 heavy (non-hydrogen) atoms. The minimum Gasteiger partial charge on any atom is -0.324 e. The number of hydrogen-bond acceptors (Lipinski definition) is 4. The summed E-state index contributed by atoms with van der Waals surface area (Å²) < 4.78 is 37.5. The lowest BCUT2D eigenvalue weighted by Gasteiger charge is -2.18. The van der Waals surface area contributed by atoms with Crippen molar-refractivity contribution in [1.82, 2.24) is 0 Å². The van der Waals surface area contributed by atoms with Crippen molar-refractivity contribution >= 4 is 39.7 Å². The van der Waals surface area contributed by atoms with Gasteiger partial charge in [-0.05, 0) is 32.0 Å². The van der Waals surface area contributed by atoms with Crippen molar-refractivity contribution in [3.8, 4) is 0 Å². The molecular formula is C11H17ClFN3O3S. The summed E-state index contributed by atoms with van der Waals surface area (Å²) in [5.74, 6) is -1.21. The van der Waals surface area contributed by atoms with Crippen LogP contribution >= 0.6 is 12.4 Å². The van der Waals surface area contributed by atoms with Gasteiger partial charge in [0.2, 0.25) is 15.9 Å². The smallest absolute Gasteiger partial charge is 0.243 e. The first-order valence-electron chi connectivity index (χ1n) is 5.37. The zero-order valence-electron chi connectivity index (χ0n) is 11.2. The van der Waals surface area contributed by atoms with Crippen LogP contribution in [0.25, 0.3) is 0 Å². The van der Waals surface area contributed by atoms with Gasteiger partial charge in [0.25, 0.3) is 0 Å². The number of amides is 1. The van der Waals surface area contributed by atoms with E-state index in [1.807, 2.05) is 4.72 Å². The predicted octanol–water partition coefficient (Wildman–Crippen LogP) is 1.29. The lowest BCUT2D eigenvalue weighted by atomic mass is 10.1. The average molecular weight is 326 g/mol. The summed E-state index contributed by atoms with van der Waals surface area (Å²) in [4.78, 5) is 11.6. The maximum atomic E-state index is 13.4. The summed E-state index contributed by atoms with van der Waals surface area (Å²) in [6, 6.07) is 3.54. The van der Waals surface area contributed by atoms with E-state index in [9.17, 15) is 17.6 Å². The third-order valence-corrected chi connectivity index (χ3v) is 2.70. The Balaban J connectivity index is 0.00000361. The zero-order chi connectivity index (χ0) is 14.8. The maximum absolute atomic E-state index is 13.4. The number of nitrogens with two attached hydrogens (primary N) is 1. The van der Waals surface area contributed by atoms with Crippen LogP contribution < -0.4 is 15.8 Å². The third kappa shape index (κ3) is 5.72. The van der Waals surface area contributed by atoms with E-state index in [2.05, 4.69) is 5.32 Å². The summed E-state index contributed by atoms with van der Waals surface area (Å²) in [7, 11) is -3.60. The Labute approximate surface area is 123 Å². The van der Waals surface area contributed by atoms with Crippen LogP contribution in [0.3, 0.4) is 0 Å². The van der Waals surface area contributed by atoms with Gasteiger partial charge in [0.05, 0.1) is 17.5 Å². The Morgan fingerprint density at radius 1 is 1.35 bits per heavy atom. The Hall–Kier alpha value is -1.38. The van der Waals surface area contributed by atoms with E-state index < -0.39 is 27.3 Å². The minimum atomic E-state index is -3.60. The number of sulfonamides is 1. The summed E-state index contributed by atoms with van der Waals surface area (Å²) >= 11 is 0. The van der Waals surface area contributed by atoms with Crippen LogP contribution in [0.4, 0.5) is 15.8 Å². The molecule has 0 spiro atoms. The molecule has 0 unspecified atom stereocenters. The van der Waals surface area contributed by atoms with E-state index in [1.165, 1.54) is 26.0 Å². The molecule has 9 heteroatoms. The van der Waals surface area contributed by atoms with Crippen LogP contribution in [0.15, 0.2) is 18.2 Å². The van der Waals surface area contributed by atoms with Gasteiger partial charge in [0, 0.05) is 5.69 Å². The Kier molecular flexibility index (Phi) is 5.94. The molecule has 0 aromatic heterocycles. The minimum absolute atomic E-state index is 0.